The monoisotopic (exact) mass is 352 g/mol. The van der Waals surface area contributed by atoms with Crippen molar-refractivity contribution >= 4 is 5.78 Å². The highest BCUT2D eigenvalue weighted by Gasteiger charge is 2.54. The molecule has 2 aromatic carbocycles. The van der Waals surface area contributed by atoms with E-state index in [-0.39, 0.29) is 12.1 Å². The van der Waals surface area contributed by atoms with Gasteiger partial charge in [-0.15, -0.1) is 0 Å². The van der Waals surface area contributed by atoms with E-state index in [1.807, 2.05) is 0 Å². The SMILES string of the molecule is O=C(c1ccccc1)[C@H]([C@H](NCc1ccccc1)C(F)(F)F)[N+](=O)[O-]. The molecule has 25 heavy (non-hydrogen) atoms. The lowest BCUT2D eigenvalue weighted by molar-refractivity contribution is -0.517. The van der Waals surface area contributed by atoms with Crippen LogP contribution in [0.25, 0.3) is 0 Å². The summed E-state index contributed by atoms with van der Waals surface area (Å²) in [5.74, 6) is -1.19. The third kappa shape index (κ3) is 4.87. The van der Waals surface area contributed by atoms with Crippen LogP contribution in [-0.4, -0.2) is 29.0 Å². The summed E-state index contributed by atoms with van der Waals surface area (Å²) in [5.41, 5.74) is 0.381. The second-order valence-electron chi connectivity index (χ2n) is 5.35. The smallest absolute Gasteiger partial charge is 0.296 e. The molecular formula is C17H15F3N2O3. The zero-order chi connectivity index (χ0) is 18.4. The quantitative estimate of drug-likeness (QED) is 0.472. The van der Waals surface area contributed by atoms with Crippen LogP contribution in [0.4, 0.5) is 13.2 Å². The van der Waals surface area contributed by atoms with E-state index in [4.69, 9.17) is 0 Å². The van der Waals surface area contributed by atoms with Crippen LogP contribution in [-0.2, 0) is 6.54 Å². The third-order valence-electron chi connectivity index (χ3n) is 3.59. The summed E-state index contributed by atoms with van der Waals surface area (Å²) < 4.78 is 40.2. The van der Waals surface area contributed by atoms with Gasteiger partial charge in [-0.3, -0.25) is 20.2 Å². The third-order valence-corrected chi connectivity index (χ3v) is 3.59. The molecule has 2 aromatic rings. The normalized spacial score (nSPS) is 13.9. The number of carbonyl (C=O) groups is 1. The van der Waals surface area contributed by atoms with Gasteiger partial charge in [0.25, 0.3) is 6.04 Å². The van der Waals surface area contributed by atoms with Gasteiger partial charge >= 0.3 is 6.18 Å². The fourth-order valence-corrected chi connectivity index (χ4v) is 2.37. The van der Waals surface area contributed by atoms with Crippen molar-refractivity contribution in [2.45, 2.75) is 24.8 Å². The molecule has 0 bridgehead atoms. The Kier molecular flexibility index (Phi) is 5.87. The summed E-state index contributed by atoms with van der Waals surface area (Å²) >= 11 is 0. The zero-order valence-corrected chi connectivity index (χ0v) is 12.9. The number of carbonyl (C=O) groups excluding carboxylic acids is 1. The van der Waals surface area contributed by atoms with Crippen molar-refractivity contribution in [3.8, 4) is 0 Å². The molecule has 0 fully saturated rings. The van der Waals surface area contributed by atoms with Gasteiger partial charge in [-0.25, -0.2) is 0 Å². The molecule has 2 atom stereocenters. The first-order valence-corrected chi connectivity index (χ1v) is 7.37. The lowest BCUT2D eigenvalue weighted by Crippen LogP contribution is -2.56. The standard InChI is InChI=1S/C17H15F3N2O3/c18-17(19,20)16(21-11-12-7-3-1-4-8-12)14(22(24)25)15(23)13-9-5-2-6-10-13/h1-10,14,16,21H,11H2/t14-,16+/m1/s1. The van der Waals surface area contributed by atoms with Crippen LogP contribution in [0.3, 0.4) is 0 Å². The number of halogens is 3. The van der Waals surface area contributed by atoms with Crippen LogP contribution in [0.15, 0.2) is 60.7 Å². The van der Waals surface area contributed by atoms with Crippen molar-refractivity contribution in [2.75, 3.05) is 0 Å². The van der Waals surface area contributed by atoms with Crippen molar-refractivity contribution < 1.29 is 22.9 Å². The number of ketones is 1. The molecule has 0 unspecified atom stereocenters. The van der Waals surface area contributed by atoms with Crippen molar-refractivity contribution in [3.05, 3.63) is 81.9 Å². The number of Topliss-reactive ketones (excluding diaryl/α,β-unsaturated/α-hetero) is 1. The summed E-state index contributed by atoms with van der Waals surface area (Å²) in [4.78, 5) is 22.4. The van der Waals surface area contributed by atoms with Gasteiger partial charge in [-0.1, -0.05) is 60.7 Å². The fourth-order valence-electron chi connectivity index (χ4n) is 2.37. The molecule has 0 aliphatic carbocycles. The van der Waals surface area contributed by atoms with Crippen molar-refractivity contribution in [1.82, 2.24) is 5.32 Å². The van der Waals surface area contributed by atoms with E-state index in [1.165, 1.54) is 24.3 Å². The minimum absolute atomic E-state index is 0.139. The molecule has 0 amide bonds. The van der Waals surface area contributed by atoms with E-state index in [0.29, 0.717) is 5.56 Å². The molecule has 0 aliphatic rings. The summed E-state index contributed by atoms with van der Waals surface area (Å²) in [6.45, 7) is -0.253. The lowest BCUT2D eigenvalue weighted by Gasteiger charge is -2.24. The van der Waals surface area contributed by atoms with E-state index in [9.17, 15) is 28.1 Å². The maximum Gasteiger partial charge on any atom is 0.411 e. The number of nitrogens with zero attached hydrogens (tertiary/aromatic N) is 1. The average molecular weight is 352 g/mol. The Morgan fingerprint density at radius 2 is 1.56 bits per heavy atom. The molecule has 0 radical (unpaired) electrons. The summed E-state index contributed by atoms with van der Waals surface area (Å²) in [6, 6.07) is 10.0. The van der Waals surface area contributed by atoms with Gasteiger partial charge in [-0.2, -0.15) is 13.2 Å². The molecule has 1 N–H and O–H groups in total. The Labute approximate surface area is 141 Å². The predicted molar refractivity (Wildman–Crippen MR) is 84.7 cm³/mol. The Morgan fingerprint density at radius 1 is 1.04 bits per heavy atom. The van der Waals surface area contributed by atoms with Crippen molar-refractivity contribution in [1.29, 1.82) is 0 Å². The number of alkyl halides is 3. The van der Waals surface area contributed by atoms with E-state index in [0.717, 1.165) is 0 Å². The van der Waals surface area contributed by atoms with Crippen molar-refractivity contribution in [3.63, 3.8) is 0 Å². The Morgan fingerprint density at radius 3 is 2.04 bits per heavy atom. The van der Waals surface area contributed by atoms with E-state index >= 15 is 0 Å². The van der Waals surface area contributed by atoms with E-state index < -0.39 is 29.0 Å². The van der Waals surface area contributed by atoms with E-state index in [1.54, 1.807) is 36.4 Å². The van der Waals surface area contributed by atoms with Crippen LogP contribution in [0.1, 0.15) is 15.9 Å². The highest BCUT2D eigenvalue weighted by Crippen LogP contribution is 2.26. The molecule has 2 rings (SSSR count). The molecule has 0 spiro atoms. The minimum atomic E-state index is -4.96. The predicted octanol–water partition coefficient (Wildman–Crippen LogP) is 3.24. The second kappa shape index (κ2) is 7.89. The number of benzene rings is 2. The van der Waals surface area contributed by atoms with Crippen LogP contribution < -0.4 is 5.32 Å². The first-order chi connectivity index (χ1) is 11.8. The molecule has 8 heteroatoms. The van der Waals surface area contributed by atoms with E-state index in [2.05, 4.69) is 5.32 Å². The second-order valence-corrected chi connectivity index (χ2v) is 5.35. The van der Waals surface area contributed by atoms with Gasteiger partial charge < -0.3 is 0 Å². The van der Waals surface area contributed by atoms with Gasteiger partial charge in [0.05, 0.1) is 0 Å². The van der Waals surface area contributed by atoms with Gasteiger partial charge in [0.15, 0.2) is 6.04 Å². The Bertz CT molecular complexity index is 721. The van der Waals surface area contributed by atoms with Crippen LogP contribution in [0.2, 0.25) is 0 Å². The maximum absolute atomic E-state index is 13.4. The highest BCUT2D eigenvalue weighted by molar-refractivity contribution is 5.99. The molecule has 0 aliphatic heterocycles. The van der Waals surface area contributed by atoms with Gasteiger partial charge in [0.1, 0.15) is 0 Å². The largest absolute Gasteiger partial charge is 0.411 e. The Hall–Kier alpha value is -2.74. The maximum atomic E-state index is 13.4. The summed E-state index contributed by atoms with van der Waals surface area (Å²) in [6.07, 6.45) is -4.96. The lowest BCUT2D eigenvalue weighted by atomic mass is 9.97. The van der Waals surface area contributed by atoms with Crippen LogP contribution in [0.5, 0.6) is 0 Å². The molecule has 0 saturated carbocycles. The minimum Gasteiger partial charge on any atom is -0.296 e. The first kappa shape index (κ1) is 18.6. The topological polar surface area (TPSA) is 72.2 Å². The van der Waals surface area contributed by atoms with Crippen LogP contribution in [0, 0.1) is 10.1 Å². The van der Waals surface area contributed by atoms with Crippen molar-refractivity contribution in [2.24, 2.45) is 0 Å². The fraction of sp³-hybridized carbons (Fsp3) is 0.235. The number of nitrogens with one attached hydrogen (secondary N) is 1. The molecule has 0 aromatic heterocycles. The number of hydrogen-bond acceptors (Lipinski definition) is 4. The van der Waals surface area contributed by atoms with Gasteiger partial charge in [-0.05, 0) is 5.56 Å². The number of hydrogen-bond donors (Lipinski definition) is 1. The highest BCUT2D eigenvalue weighted by atomic mass is 19.4. The molecule has 0 heterocycles. The Balaban J connectivity index is 2.29. The van der Waals surface area contributed by atoms with Crippen LogP contribution >= 0.6 is 0 Å². The molecule has 132 valence electrons. The summed E-state index contributed by atoms with van der Waals surface area (Å²) in [7, 11) is 0. The average Bonchev–Trinajstić information content (AvgIpc) is 2.58. The number of nitro groups is 1. The summed E-state index contributed by atoms with van der Waals surface area (Å²) in [5, 5.41) is 13.4. The van der Waals surface area contributed by atoms with Gasteiger partial charge in [0.2, 0.25) is 5.78 Å². The van der Waals surface area contributed by atoms with Gasteiger partial charge in [0, 0.05) is 17.0 Å². The molecular weight excluding hydrogens is 337 g/mol. The first-order valence-electron chi connectivity index (χ1n) is 7.37. The number of rotatable bonds is 7. The molecule has 5 nitrogen and oxygen atoms in total. The molecule has 0 saturated heterocycles. The zero-order valence-electron chi connectivity index (χ0n) is 12.9.